The van der Waals surface area contributed by atoms with E-state index in [4.69, 9.17) is 9.47 Å². The van der Waals surface area contributed by atoms with Gasteiger partial charge in [0.15, 0.2) is 0 Å². The summed E-state index contributed by atoms with van der Waals surface area (Å²) in [5.41, 5.74) is 0.0549. The van der Waals surface area contributed by atoms with E-state index in [1.54, 1.807) is 45.0 Å². The molecule has 0 heterocycles. The second-order valence-corrected chi connectivity index (χ2v) is 6.90. The Morgan fingerprint density at radius 2 is 1.79 bits per heavy atom. The molecule has 0 atom stereocenters. The van der Waals surface area contributed by atoms with Crippen LogP contribution in [-0.2, 0) is 9.47 Å². The number of hydrogen-bond acceptors (Lipinski definition) is 6. The first kappa shape index (κ1) is 21.4. The summed E-state index contributed by atoms with van der Waals surface area (Å²) in [6, 6.07) is 10.7. The van der Waals surface area contributed by atoms with Crippen LogP contribution in [0.1, 0.15) is 42.3 Å². The van der Waals surface area contributed by atoms with Gasteiger partial charge in [-0.3, -0.25) is 15.4 Å². The summed E-state index contributed by atoms with van der Waals surface area (Å²) in [6.45, 7) is 5.05. The number of nitro benzene ring substituents is 1. The number of methoxy groups -OCH3 is 1. The number of rotatable bonds is 3. The normalized spacial score (nSPS) is 10.3. The Morgan fingerprint density at radius 1 is 1.10 bits per heavy atom. The number of esters is 1. The topological polar surface area (TPSA) is 108 Å². The molecule has 0 radical (unpaired) electrons. The van der Waals surface area contributed by atoms with Crippen LogP contribution in [0.15, 0.2) is 42.5 Å². The summed E-state index contributed by atoms with van der Waals surface area (Å²) < 4.78 is 9.87. The van der Waals surface area contributed by atoms with Gasteiger partial charge < -0.3 is 9.47 Å². The third-order valence-corrected chi connectivity index (χ3v) is 3.50. The Morgan fingerprint density at radius 3 is 2.41 bits per heavy atom. The average molecular weight is 396 g/mol. The zero-order valence-electron chi connectivity index (χ0n) is 16.4. The van der Waals surface area contributed by atoms with Crippen LogP contribution in [0.5, 0.6) is 0 Å². The smallest absolute Gasteiger partial charge is 0.412 e. The van der Waals surface area contributed by atoms with E-state index in [2.05, 4.69) is 17.2 Å². The van der Waals surface area contributed by atoms with Crippen molar-refractivity contribution in [2.24, 2.45) is 0 Å². The molecule has 0 aliphatic carbocycles. The molecule has 8 nitrogen and oxygen atoms in total. The number of benzene rings is 2. The number of amides is 1. The molecule has 0 spiro atoms. The third kappa shape index (κ3) is 6.07. The van der Waals surface area contributed by atoms with Crippen LogP contribution in [0.25, 0.3) is 0 Å². The Labute approximate surface area is 168 Å². The summed E-state index contributed by atoms with van der Waals surface area (Å²) >= 11 is 0. The fourth-order valence-corrected chi connectivity index (χ4v) is 2.31. The Kier molecular flexibility index (Phi) is 6.57. The first-order chi connectivity index (χ1) is 13.6. The predicted molar refractivity (Wildman–Crippen MR) is 107 cm³/mol. The zero-order valence-corrected chi connectivity index (χ0v) is 16.4. The molecule has 2 aromatic carbocycles. The maximum absolute atomic E-state index is 12.0. The van der Waals surface area contributed by atoms with Crippen LogP contribution in [0, 0.1) is 22.0 Å². The highest BCUT2D eigenvalue weighted by Crippen LogP contribution is 2.26. The molecule has 0 aromatic heterocycles. The molecule has 1 amide bonds. The number of carbonyl (C=O) groups excluding carboxylic acids is 2. The molecule has 2 rings (SSSR count). The van der Waals surface area contributed by atoms with Gasteiger partial charge in [-0.2, -0.15) is 0 Å². The first-order valence-corrected chi connectivity index (χ1v) is 8.58. The van der Waals surface area contributed by atoms with Gasteiger partial charge in [0.25, 0.3) is 5.69 Å². The maximum Gasteiger partial charge on any atom is 0.412 e. The number of ether oxygens (including phenoxy) is 2. The van der Waals surface area contributed by atoms with Gasteiger partial charge in [0.2, 0.25) is 0 Å². The van der Waals surface area contributed by atoms with E-state index < -0.39 is 22.6 Å². The lowest BCUT2D eigenvalue weighted by molar-refractivity contribution is -0.383. The number of nitro groups is 1. The zero-order chi connectivity index (χ0) is 21.6. The SMILES string of the molecule is COC(=O)c1ccccc1C#Cc1ccc([N+](=O)[O-])c(NC(=O)OC(C)(C)C)c1. The van der Waals surface area contributed by atoms with Crippen molar-refractivity contribution in [2.45, 2.75) is 26.4 Å². The second-order valence-electron chi connectivity index (χ2n) is 6.90. The lowest BCUT2D eigenvalue weighted by Gasteiger charge is -2.19. The molecule has 0 fully saturated rings. The molecular formula is C21H20N2O6. The van der Waals surface area contributed by atoms with Gasteiger partial charge in [0, 0.05) is 17.2 Å². The monoisotopic (exact) mass is 396 g/mol. The number of anilines is 1. The van der Waals surface area contributed by atoms with Crippen molar-refractivity contribution in [3.8, 4) is 11.8 Å². The number of hydrogen-bond donors (Lipinski definition) is 1. The van der Waals surface area contributed by atoms with Crippen molar-refractivity contribution in [3.05, 3.63) is 69.3 Å². The number of carbonyl (C=O) groups is 2. The van der Waals surface area contributed by atoms with E-state index >= 15 is 0 Å². The standard InChI is InChI=1S/C21H20N2O6/c1-21(2,3)29-20(25)22-17-13-14(10-12-18(17)23(26)27)9-11-15-7-5-6-8-16(15)19(24)28-4/h5-8,10,12-13H,1-4H3,(H,22,25). The van der Waals surface area contributed by atoms with Crippen LogP contribution in [-0.4, -0.2) is 29.7 Å². The molecule has 150 valence electrons. The Bertz CT molecular complexity index is 1010. The highest BCUT2D eigenvalue weighted by atomic mass is 16.6. The van der Waals surface area contributed by atoms with E-state index in [-0.39, 0.29) is 11.4 Å². The van der Waals surface area contributed by atoms with Gasteiger partial charge in [-0.15, -0.1) is 0 Å². The Balaban J connectivity index is 2.38. The predicted octanol–water partition coefficient (Wildman–Crippen LogP) is 4.13. The second kappa shape index (κ2) is 8.89. The fourth-order valence-electron chi connectivity index (χ4n) is 2.31. The largest absolute Gasteiger partial charge is 0.465 e. The van der Waals surface area contributed by atoms with E-state index in [0.717, 1.165) is 0 Å². The van der Waals surface area contributed by atoms with Gasteiger partial charge in [0.1, 0.15) is 11.3 Å². The highest BCUT2D eigenvalue weighted by Gasteiger charge is 2.21. The molecule has 1 N–H and O–H groups in total. The molecule has 2 aromatic rings. The molecule has 0 saturated carbocycles. The van der Waals surface area contributed by atoms with Crippen LogP contribution in [0.4, 0.5) is 16.2 Å². The molecule has 29 heavy (non-hydrogen) atoms. The number of nitrogens with zero attached hydrogens (tertiary/aromatic N) is 1. The minimum absolute atomic E-state index is 0.0442. The Hall–Kier alpha value is -3.86. The molecule has 8 heteroatoms. The first-order valence-electron chi connectivity index (χ1n) is 8.58. The van der Waals surface area contributed by atoms with Crippen LogP contribution >= 0.6 is 0 Å². The molecule has 0 aliphatic rings. The summed E-state index contributed by atoms with van der Waals surface area (Å²) in [5, 5.41) is 13.6. The lowest BCUT2D eigenvalue weighted by Crippen LogP contribution is -2.27. The van der Waals surface area contributed by atoms with Crippen molar-refractivity contribution in [1.29, 1.82) is 0 Å². The van der Waals surface area contributed by atoms with Gasteiger partial charge in [-0.25, -0.2) is 9.59 Å². The van der Waals surface area contributed by atoms with E-state index in [9.17, 15) is 19.7 Å². The molecule has 0 bridgehead atoms. The summed E-state index contributed by atoms with van der Waals surface area (Å²) in [6.07, 6.45) is -0.818. The van der Waals surface area contributed by atoms with Crippen LogP contribution in [0.2, 0.25) is 0 Å². The van der Waals surface area contributed by atoms with Crippen molar-refractivity contribution in [3.63, 3.8) is 0 Å². The van der Waals surface area contributed by atoms with Crippen molar-refractivity contribution in [1.82, 2.24) is 0 Å². The van der Waals surface area contributed by atoms with Crippen molar-refractivity contribution < 1.29 is 24.0 Å². The quantitative estimate of drug-likeness (QED) is 0.362. The highest BCUT2D eigenvalue weighted by molar-refractivity contribution is 5.92. The van der Waals surface area contributed by atoms with E-state index in [1.165, 1.54) is 25.3 Å². The molecular weight excluding hydrogens is 376 g/mol. The minimum Gasteiger partial charge on any atom is -0.465 e. The van der Waals surface area contributed by atoms with Crippen molar-refractivity contribution >= 4 is 23.4 Å². The van der Waals surface area contributed by atoms with Crippen molar-refractivity contribution in [2.75, 3.05) is 12.4 Å². The molecule has 0 saturated heterocycles. The average Bonchev–Trinajstić information content (AvgIpc) is 2.64. The van der Waals surface area contributed by atoms with E-state index in [1.807, 2.05) is 0 Å². The van der Waals surface area contributed by atoms with Gasteiger partial charge >= 0.3 is 12.1 Å². The minimum atomic E-state index is -0.818. The summed E-state index contributed by atoms with van der Waals surface area (Å²) in [5.74, 6) is 5.16. The number of nitrogens with one attached hydrogen (secondary N) is 1. The van der Waals surface area contributed by atoms with Gasteiger partial charge in [-0.05, 0) is 45.0 Å². The van der Waals surface area contributed by atoms with Gasteiger partial charge in [-0.1, -0.05) is 24.0 Å². The lowest BCUT2D eigenvalue weighted by atomic mass is 10.1. The van der Waals surface area contributed by atoms with Gasteiger partial charge in [0.05, 0.1) is 17.6 Å². The van der Waals surface area contributed by atoms with Crippen LogP contribution in [0.3, 0.4) is 0 Å². The van der Waals surface area contributed by atoms with E-state index in [0.29, 0.717) is 16.7 Å². The molecule has 0 aliphatic heterocycles. The van der Waals surface area contributed by atoms with Crippen LogP contribution < -0.4 is 5.32 Å². The summed E-state index contributed by atoms with van der Waals surface area (Å²) in [7, 11) is 1.28. The third-order valence-electron chi connectivity index (χ3n) is 3.50. The maximum atomic E-state index is 12.0. The fraction of sp³-hybridized carbons (Fsp3) is 0.238. The molecule has 0 unspecified atom stereocenters. The summed E-state index contributed by atoms with van der Waals surface area (Å²) in [4.78, 5) is 34.5.